The fourth-order valence-corrected chi connectivity index (χ4v) is 1.83. The Balaban J connectivity index is 2.68. The number of benzene rings is 1. The minimum Gasteiger partial charge on any atom is -0.494 e. The van der Waals surface area contributed by atoms with E-state index in [1.807, 2.05) is 24.9 Å². The highest BCUT2D eigenvalue weighted by Crippen LogP contribution is 2.16. The summed E-state index contributed by atoms with van der Waals surface area (Å²) in [7, 11) is 1.86. The van der Waals surface area contributed by atoms with Gasteiger partial charge in [0.2, 0.25) is 0 Å². The summed E-state index contributed by atoms with van der Waals surface area (Å²) in [6.07, 6.45) is 3.67. The maximum absolute atomic E-state index is 12.1. The van der Waals surface area contributed by atoms with E-state index in [1.165, 1.54) is 0 Å². The average molecular weight is 301 g/mol. The molecule has 0 saturated carbocycles. The molecular formula is C17H23N3O2. The number of unbranched alkanes of at least 4 members (excludes halogenated alkanes) is 1. The van der Waals surface area contributed by atoms with Gasteiger partial charge in [0.1, 0.15) is 17.4 Å². The molecule has 0 spiro atoms. The molecule has 0 fully saturated rings. The Kier molecular flexibility index (Phi) is 7.55. The summed E-state index contributed by atoms with van der Waals surface area (Å²) in [4.78, 5) is 14.0. The zero-order valence-corrected chi connectivity index (χ0v) is 13.4. The molecule has 22 heavy (non-hydrogen) atoms. The van der Waals surface area contributed by atoms with E-state index >= 15 is 0 Å². The molecule has 0 aliphatic carbocycles. The molecule has 1 N–H and O–H groups in total. The van der Waals surface area contributed by atoms with Gasteiger partial charge in [-0.3, -0.25) is 4.79 Å². The van der Waals surface area contributed by atoms with Crippen LogP contribution in [0.25, 0.3) is 0 Å². The van der Waals surface area contributed by atoms with Gasteiger partial charge in [0.15, 0.2) is 0 Å². The maximum atomic E-state index is 12.1. The van der Waals surface area contributed by atoms with E-state index in [0.717, 1.165) is 25.1 Å². The zero-order valence-electron chi connectivity index (χ0n) is 13.4. The number of hydrogen-bond acceptors (Lipinski definition) is 4. The molecule has 0 radical (unpaired) electrons. The van der Waals surface area contributed by atoms with Crippen LogP contribution in [0, 0.1) is 11.3 Å². The monoisotopic (exact) mass is 301 g/mol. The third kappa shape index (κ3) is 5.88. The minimum atomic E-state index is -0.407. The SMILES string of the molecule is CCCCN(C)/C=C(/C#N)C(=O)Nc1ccc(OCC)cc1. The van der Waals surface area contributed by atoms with Gasteiger partial charge in [0.25, 0.3) is 5.91 Å². The topological polar surface area (TPSA) is 65.4 Å². The second kappa shape index (κ2) is 9.46. The fourth-order valence-electron chi connectivity index (χ4n) is 1.83. The molecule has 5 heteroatoms. The van der Waals surface area contributed by atoms with Crippen LogP contribution in [0.1, 0.15) is 26.7 Å². The van der Waals surface area contributed by atoms with Crippen molar-refractivity contribution in [2.45, 2.75) is 26.7 Å². The van der Waals surface area contributed by atoms with E-state index < -0.39 is 5.91 Å². The van der Waals surface area contributed by atoms with Crippen LogP contribution >= 0.6 is 0 Å². The Labute approximate surface area is 132 Å². The summed E-state index contributed by atoms with van der Waals surface area (Å²) < 4.78 is 5.34. The number of nitriles is 1. The van der Waals surface area contributed by atoms with Crippen LogP contribution in [0.5, 0.6) is 5.75 Å². The average Bonchev–Trinajstić information content (AvgIpc) is 2.52. The van der Waals surface area contributed by atoms with Crippen molar-refractivity contribution in [3.8, 4) is 11.8 Å². The van der Waals surface area contributed by atoms with Gasteiger partial charge in [0, 0.05) is 25.5 Å². The molecule has 0 unspecified atom stereocenters. The lowest BCUT2D eigenvalue weighted by Gasteiger charge is -2.14. The Morgan fingerprint density at radius 3 is 2.59 bits per heavy atom. The smallest absolute Gasteiger partial charge is 0.267 e. The first-order valence-corrected chi connectivity index (χ1v) is 7.47. The van der Waals surface area contributed by atoms with Crippen LogP contribution in [0.3, 0.4) is 0 Å². The van der Waals surface area contributed by atoms with Gasteiger partial charge in [-0.25, -0.2) is 0 Å². The summed E-state index contributed by atoms with van der Waals surface area (Å²) in [6.45, 7) is 5.42. The first kappa shape index (κ1) is 17.6. The Morgan fingerprint density at radius 1 is 1.36 bits per heavy atom. The number of anilines is 1. The van der Waals surface area contributed by atoms with E-state index in [-0.39, 0.29) is 5.57 Å². The summed E-state index contributed by atoms with van der Waals surface area (Å²) in [5.41, 5.74) is 0.721. The summed E-state index contributed by atoms with van der Waals surface area (Å²) in [6, 6.07) is 9.00. The van der Waals surface area contributed by atoms with Crippen LogP contribution in [-0.2, 0) is 4.79 Å². The summed E-state index contributed by atoms with van der Waals surface area (Å²) in [5, 5.41) is 11.8. The van der Waals surface area contributed by atoms with Gasteiger partial charge in [0.05, 0.1) is 6.61 Å². The number of amides is 1. The first-order valence-electron chi connectivity index (χ1n) is 7.47. The van der Waals surface area contributed by atoms with Gasteiger partial charge in [-0.1, -0.05) is 13.3 Å². The van der Waals surface area contributed by atoms with Gasteiger partial charge in [-0.2, -0.15) is 5.26 Å². The van der Waals surface area contributed by atoms with Crippen molar-refractivity contribution < 1.29 is 9.53 Å². The number of nitrogens with one attached hydrogen (secondary N) is 1. The number of rotatable bonds is 8. The van der Waals surface area contributed by atoms with Gasteiger partial charge in [-0.05, 0) is 37.6 Å². The number of hydrogen-bond donors (Lipinski definition) is 1. The fraction of sp³-hybridized carbons (Fsp3) is 0.412. The normalized spacial score (nSPS) is 10.7. The van der Waals surface area contributed by atoms with Crippen molar-refractivity contribution in [1.82, 2.24) is 4.90 Å². The maximum Gasteiger partial charge on any atom is 0.267 e. The van der Waals surface area contributed by atoms with Crippen molar-refractivity contribution in [3.63, 3.8) is 0 Å². The molecule has 1 amide bonds. The summed E-state index contributed by atoms with van der Waals surface area (Å²) >= 11 is 0. The zero-order chi connectivity index (χ0) is 16.4. The molecule has 1 aromatic rings. The first-order chi connectivity index (χ1) is 10.6. The lowest BCUT2D eigenvalue weighted by Crippen LogP contribution is -2.19. The van der Waals surface area contributed by atoms with Crippen LogP contribution in [-0.4, -0.2) is 31.0 Å². The van der Waals surface area contributed by atoms with Crippen LogP contribution < -0.4 is 10.1 Å². The molecule has 0 heterocycles. The van der Waals surface area contributed by atoms with Crippen molar-refractivity contribution in [3.05, 3.63) is 36.0 Å². The van der Waals surface area contributed by atoms with Crippen LogP contribution in [0.2, 0.25) is 0 Å². The number of carbonyl (C=O) groups excluding carboxylic acids is 1. The summed E-state index contributed by atoms with van der Waals surface area (Å²) in [5.74, 6) is 0.339. The highest BCUT2D eigenvalue weighted by Gasteiger charge is 2.10. The van der Waals surface area contributed by atoms with Crippen molar-refractivity contribution in [2.24, 2.45) is 0 Å². The lowest BCUT2D eigenvalue weighted by atomic mass is 10.2. The van der Waals surface area contributed by atoms with Crippen molar-refractivity contribution >= 4 is 11.6 Å². The quantitative estimate of drug-likeness (QED) is 0.591. The largest absolute Gasteiger partial charge is 0.494 e. The second-order valence-electron chi connectivity index (χ2n) is 4.90. The standard InChI is InChI=1S/C17H23N3O2/c1-4-6-11-20(3)13-14(12-18)17(21)19-15-7-9-16(10-8-15)22-5-2/h7-10,13H,4-6,11H2,1-3H3,(H,19,21)/b14-13-. The third-order valence-electron chi connectivity index (χ3n) is 3.00. The molecule has 5 nitrogen and oxygen atoms in total. The predicted octanol–water partition coefficient (Wildman–Crippen LogP) is 3.16. The Morgan fingerprint density at radius 2 is 2.05 bits per heavy atom. The molecule has 118 valence electrons. The van der Waals surface area contributed by atoms with Crippen LogP contribution in [0.15, 0.2) is 36.0 Å². The van der Waals surface area contributed by atoms with Gasteiger partial charge >= 0.3 is 0 Å². The lowest BCUT2D eigenvalue weighted by molar-refractivity contribution is -0.112. The van der Waals surface area contributed by atoms with Crippen molar-refractivity contribution in [2.75, 3.05) is 25.5 Å². The molecular weight excluding hydrogens is 278 g/mol. The third-order valence-corrected chi connectivity index (χ3v) is 3.00. The molecule has 0 saturated heterocycles. The number of nitrogens with zero attached hydrogens (tertiary/aromatic N) is 2. The molecule has 0 bridgehead atoms. The molecule has 1 rings (SSSR count). The molecule has 1 aromatic carbocycles. The molecule has 0 aliphatic heterocycles. The second-order valence-corrected chi connectivity index (χ2v) is 4.90. The van der Waals surface area contributed by atoms with Gasteiger partial charge < -0.3 is 15.0 Å². The van der Waals surface area contributed by atoms with E-state index in [0.29, 0.717) is 12.3 Å². The minimum absolute atomic E-state index is 0.0903. The molecule has 0 atom stereocenters. The van der Waals surface area contributed by atoms with E-state index in [2.05, 4.69) is 12.2 Å². The number of carbonyl (C=O) groups is 1. The Bertz CT molecular complexity index is 544. The Hall–Kier alpha value is -2.48. The van der Waals surface area contributed by atoms with E-state index in [9.17, 15) is 4.79 Å². The number of ether oxygens (including phenoxy) is 1. The van der Waals surface area contributed by atoms with Crippen LogP contribution in [0.4, 0.5) is 5.69 Å². The highest BCUT2D eigenvalue weighted by molar-refractivity contribution is 6.06. The predicted molar refractivity (Wildman–Crippen MR) is 87.5 cm³/mol. The molecule has 0 aromatic heterocycles. The van der Waals surface area contributed by atoms with E-state index in [4.69, 9.17) is 10.00 Å². The van der Waals surface area contributed by atoms with Crippen molar-refractivity contribution in [1.29, 1.82) is 5.26 Å². The van der Waals surface area contributed by atoms with E-state index in [1.54, 1.807) is 30.5 Å². The highest BCUT2D eigenvalue weighted by atomic mass is 16.5. The molecule has 0 aliphatic rings. The van der Waals surface area contributed by atoms with Gasteiger partial charge in [-0.15, -0.1) is 0 Å².